The van der Waals surface area contributed by atoms with Gasteiger partial charge in [-0.25, -0.2) is 0 Å². The van der Waals surface area contributed by atoms with Gasteiger partial charge < -0.3 is 5.32 Å². The zero-order chi connectivity index (χ0) is 43.1. The van der Waals surface area contributed by atoms with Crippen molar-refractivity contribution in [3.63, 3.8) is 0 Å². The Bertz CT molecular complexity index is 1820. The maximum absolute atomic E-state index is 4.24. The first-order chi connectivity index (χ1) is 27.7. The van der Waals surface area contributed by atoms with Gasteiger partial charge in [-0.15, -0.1) is 13.2 Å². The second-order valence-electron chi connectivity index (χ2n) is 16.3. The van der Waals surface area contributed by atoms with Gasteiger partial charge in [-0.3, -0.25) is 0 Å². The van der Waals surface area contributed by atoms with Crippen LogP contribution in [-0.4, -0.2) is 0 Å². The average molecular weight is 778 g/mol. The van der Waals surface area contributed by atoms with Crippen LogP contribution >= 0.6 is 0 Å². The van der Waals surface area contributed by atoms with Crippen molar-refractivity contribution in [1.29, 1.82) is 0 Å². The molecule has 1 nitrogen and oxygen atoms in total. The Morgan fingerprint density at radius 2 is 1.16 bits per heavy atom. The Hall–Kier alpha value is -4.88. The predicted molar refractivity (Wildman–Crippen MR) is 265 cm³/mol. The summed E-state index contributed by atoms with van der Waals surface area (Å²) in [5.74, 6) is 0.990. The van der Waals surface area contributed by atoms with Crippen LogP contribution in [0, 0.1) is 33.6 Å². The molecule has 1 fully saturated rings. The summed E-state index contributed by atoms with van der Waals surface area (Å²) in [6.07, 6.45) is 22.3. The molecular weight excluding hydrogens is 699 g/mol. The van der Waals surface area contributed by atoms with Crippen LogP contribution < -0.4 is 5.32 Å². The summed E-state index contributed by atoms with van der Waals surface area (Å²) in [6, 6.07) is 33.8. The maximum atomic E-state index is 4.24. The lowest BCUT2D eigenvalue weighted by molar-refractivity contribution is 0.501. The van der Waals surface area contributed by atoms with Crippen LogP contribution in [0.4, 0.5) is 5.69 Å². The van der Waals surface area contributed by atoms with Gasteiger partial charge in [-0.2, -0.15) is 0 Å². The average Bonchev–Trinajstić information content (AvgIpc) is 3.94. The summed E-state index contributed by atoms with van der Waals surface area (Å²) in [7, 11) is 0. The van der Waals surface area contributed by atoms with Gasteiger partial charge >= 0.3 is 0 Å². The number of allylic oxidation sites excluding steroid dienone is 6. The van der Waals surface area contributed by atoms with Gasteiger partial charge in [0.05, 0.1) is 0 Å². The van der Waals surface area contributed by atoms with Crippen molar-refractivity contribution >= 4 is 17.0 Å². The smallest absolute Gasteiger partial charge is 0.0386 e. The third-order valence-corrected chi connectivity index (χ3v) is 9.51. The third-order valence-electron chi connectivity index (χ3n) is 9.51. The number of aryl methyl sites for hydroxylation is 4. The van der Waals surface area contributed by atoms with Crippen LogP contribution in [0.3, 0.4) is 0 Å². The van der Waals surface area contributed by atoms with E-state index in [1.807, 2.05) is 45.0 Å². The molecule has 2 aliphatic rings. The largest absolute Gasteiger partial charge is 0.356 e. The minimum atomic E-state index is 0.930. The van der Waals surface area contributed by atoms with Crippen molar-refractivity contribution < 1.29 is 0 Å². The van der Waals surface area contributed by atoms with Gasteiger partial charge in [0.15, 0.2) is 0 Å². The Kier molecular flexibility index (Phi) is 27.5. The highest BCUT2D eigenvalue weighted by Crippen LogP contribution is 2.30. The summed E-state index contributed by atoms with van der Waals surface area (Å²) in [5.41, 5.74) is 14.6. The molecule has 0 atom stereocenters. The fraction of sp³-hybridized carbons (Fsp3) is 0.368. The molecule has 0 amide bonds. The van der Waals surface area contributed by atoms with Crippen molar-refractivity contribution in [2.24, 2.45) is 5.92 Å². The molecule has 312 valence electrons. The number of benzene rings is 4. The number of nitrogens with one attached hydrogen (secondary N) is 1. The van der Waals surface area contributed by atoms with E-state index in [0.717, 1.165) is 41.3 Å². The van der Waals surface area contributed by atoms with Crippen molar-refractivity contribution in [1.82, 2.24) is 0 Å². The normalized spacial score (nSPS) is 12.2. The highest BCUT2D eigenvalue weighted by molar-refractivity contribution is 5.75. The number of anilines is 1. The van der Waals surface area contributed by atoms with Gasteiger partial charge in [-0.05, 0) is 140 Å². The zero-order valence-corrected chi connectivity index (χ0v) is 38.1. The minimum absolute atomic E-state index is 0.930. The van der Waals surface area contributed by atoms with Crippen LogP contribution in [-0.2, 0) is 6.42 Å². The molecule has 0 heterocycles. The molecular formula is C57H79N. The molecule has 0 aliphatic heterocycles. The van der Waals surface area contributed by atoms with Gasteiger partial charge in [0.1, 0.15) is 0 Å². The highest BCUT2D eigenvalue weighted by Gasteiger charge is 2.14. The molecule has 0 unspecified atom stereocenters. The van der Waals surface area contributed by atoms with Crippen LogP contribution in [0.1, 0.15) is 137 Å². The van der Waals surface area contributed by atoms with E-state index in [1.54, 1.807) is 0 Å². The monoisotopic (exact) mass is 778 g/mol. The first-order valence-electron chi connectivity index (χ1n) is 21.7. The quantitative estimate of drug-likeness (QED) is 0.150. The van der Waals surface area contributed by atoms with Gasteiger partial charge in [0, 0.05) is 11.4 Å². The Balaban J connectivity index is 0.000000380. The number of hydrogen-bond acceptors (Lipinski definition) is 1. The van der Waals surface area contributed by atoms with E-state index in [2.05, 4.69) is 164 Å². The molecule has 0 spiro atoms. The van der Waals surface area contributed by atoms with E-state index >= 15 is 0 Å². The second kappa shape index (κ2) is 31.2. The molecule has 1 heteroatoms. The number of unbranched alkanes of at least 4 members (excludes halogenated alkanes) is 1. The van der Waals surface area contributed by atoms with Gasteiger partial charge in [-0.1, -0.05) is 189 Å². The van der Waals surface area contributed by atoms with E-state index in [4.69, 9.17) is 0 Å². The molecule has 0 bridgehead atoms. The zero-order valence-electron chi connectivity index (χ0n) is 38.1. The molecule has 0 aromatic heterocycles. The molecule has 0 radical (unpaired) electrons. The Labute approximate surface area is 357 Å². The summed E-state index contributed by atoms with van der Waals surface area (Å²) in [4.78, 5) is 0. The minimum Gasteiger partial charge on any atom is -0.356 e. The molecule has 4 aromatic rings. The van der Waals surface area contributed by atoms with E-state index in [-0.39, 0.29) is 0 Å². The third kappa shape index (κ3) is 26.1. The van der Waals surface area contributed by atoms with Crippen LogP contribution in [0.15, 0.2) is 159 Å². The van der Waals surface area contributed by atoms with E-state index in [1.165, 1.54) is 109 Å². The summed E-state index contributed by atoms with van der Waals surface area (Å²) in [6.45, 7) is 35.8. The number of rotatable bonds is 11. The highest BCUT2D eigenvalue weighted by atomic mass is 14.9. The lowest BCUT2D eigenvalue weighted by Crippen LogP contribution is -1.97. The first kappa shape index (κ1) is 51.1. The lowest BCUT2D eigenvalue weighted by Gasteiger charge is -2.11. The van der Waals surface area contributed by atoms with Gasteiger partial charge in [0.2, 0.25) is 0 Å². The fourth-order valence-electron chi connectivity index (χ4n) is 6.41. The lowest BCUT2D eigenvalue weighted by atomic mass is 9.95. The van der Waals surface area contributed by atoms with Crippen molar-refractivity contribution in [3.05, 3.63) is 198 Å². The summed E-state index contributed by atoms with van der Waals surface area (Å²) < 4.78 is 0. The Morgan fingerprint density at radius 3 is 1.59 bits per heavy atom. The first-order valence-corrected chi connectivity index (χ1v) is 21.7. The fourth-order valence-corrected chi connectivity index (χ4v) is 6.41. The molecule has 2 aliphatic carbocycles. The molecule has 4 aromatic carbocycles. The maximum Gasteiger partial charge on any atom is 0.0386 e. The van der Waals surface area contributed by atoms with Gasteiger partial charge in [0.25, 0.3) is 0 Å². The second-order valence-corrected chi connectivity index (χ2v) is 16.3. The predicted octanol–water partition coefficient (Wildman–Crippen LogP) is 17.8. The van der Waals surface area contributed by atoms with E-state index in [9.17, 15) is 0 Å². The topological polar surface area (TPSA) is 12.0 Å². The molecule has 1 N–H and O–H groups in total. The molecule has 58 heavy (non-hydrogen) atoms. The number of hydrogen-bond donors (Lipinski definition) is 1. The standard InChI is InChI=1S/C17H24.C16H17N.C10H12.C5H8.C5H10.C4H8/c1-14-6-5-9-17(12-14)13-15(2)10-11-16-7-3-4-8-16;1-12-6-4-8-15(10-12)14(3)17-16-9-5-7-13(2)11-16;1-8(2)10-6-4-5-9(3)7-10;1-2-4-5-3-1;1-3-5-4-2;1-4(2)3/h5-6,9,12,16H,2-4,7-8,10-11,13H2,1H3;4-11,17H,3H2,1-2H3;4-7H,1H2,2-3H3;1-2H,3-5H2;3H,1,4-5H2,2H3;1H2,2-3H3. The van der Waals surface area contributed by atoms with Crippen molar-refractivity contribution in [2.75, 3.05) is 5.32 Å². The molecule has 0 saturated heterocycles. The van der Waals surface area contributed by atoms with E-state index in [0.29, 0.717) is 0 Å². The van der Waals surface area contributed by atoms with Crippen molar-refractivity contribution in [2.45, 2.75) is 132 Å². The molecule has 1 saturated carbocycles. The summed E-state index contributed by atoms with van der Waals surface area (Å²) >= 11 is 0. The van der Waals surface area contributed by atoms with Crippen LogP contribution in [0.2, 0.25) is 0 Å². The van der Waals surface area contributed by atoms with Crippen molar-refractivity contribution in [3.8, 4) is 0 Å². The molecule has 6 rings (SSSR count). The van der Waals surface area contributed by atoms with Crippen LogP contribution in [0.25, 0.3) is 11.3 Å². The van der Waals surface area contributed by atoms with E-state index < -0.39 is 0 Å². The Morgan fingerprint density at radius 1 is 0.655 bits per heavy atom. The van der Waals surface area contributed by atoms with Crippen LogP contribution in [0.5, 0.6) is 0 Å². The SMILES string of the molecule is C1=CCCC1.C=C(C)C.C=C(C)c1cccc(C)c1.C=C(CCC1CCCC1)Cc1cccc(C)c1.C=C(Nc1cccc(C)c1)c1cccc(C)c1.C=CCCC. The summed E-state index contributed by atoms with van der Waals surface area (Å²) in [5, 5.41) is 3.33.